The summed E-state index contributed by atoms with van der Waals surface area (Å²) in [7, 11) is -3.73. The van der Waals surface area contributed by atoms with Crippen LogP contribution in [0.15, 0.2) is 17.0 Å². The molecule has 0 saturated heterocycles. The largest absolute Gasteiger partial charge is 0.308 e. The van der Waals surface area contributed by atoms with E-state index in [1.54, 1.807) is 0 Å². The van der Waals surface area contributed by atoms with Gasteiger partial charge in [0.25, 0.3) is 5.69 Å². The van der Waals surface area contributed by atoms with Crippen molar-refractivity contribution >= 4 is 15.5 Å². The van der Waals surface area contributed by atoms with Gasteiger partial charge in [-0.05, 0) is 24.1 Å². The Hall–Kier alpha value is -1.71. The van der Waals surface area contributed by atoms with Crippen LogP contribution in [0, 0.1) is 17.0 Å². The fourth-order valence-corrected chi connectivity index (χ4v) is 2.21. The molecule has 0 aromatic heterocycles. The fourth-order valence-electron chi connectivity index (χ4n) is 1.31. The molecule has 0 aliphatic carbocycles. The summed E-state index contributed by atoms with van der Waals surface area (Å²) in [6.45, 7) is 1.28. The second-order valence-corrected chi connectivity index (χ2v) is 5.21. The lowest BCUT2D eigenvalue weighted by Gasteiger charge is -2.07. The molecule has 0 aliphatic rings. The SMILES string of the molecule is Cc1c(OOO)ccc(S(C)(=O)=O)c1[N+](=O)[O-]. The highest BCUT2D eigenvalue weighted by Crippen LogP contribution is 2.33. The molecule has 0 heterocycles. The molecule has 1 aromatic rings. The number of benzene rings is 1. The first-order chi connectivity index (χ1) is 7.79. The molecule has 0 amide bonds. The molecule has 0 saturated carbocycles. The predicted octanol–water partition coefficient (Wildman–Crippen LogP) is 1.09. The zero-order chi connectivity index (χ0) is 13.2. The van der Waals surface area contributed by atoms with E-state index in [2.05, 4.69) is 9.93 Å². The molecule has 8 nitrogen and oxygen atoms in total. The first kappa shape index (κ1) is 13.4. The van der Waals surface area contributed by atoms with E-state index < -0.39 is 25.3 Å². The maximum Gasteiger partial charge on any atom is 0.294 e. The number of nitro groups is 1. The molecule has 0 fully saturated rings. The van der Waals surface area contributed by atoms with E-state index in [1.807, 2.05) is 0 Å². The Bertz CT molecular complexity index is 551. The number of hydrogen-bond donors (Lipinski definition) is 1. The van der Waals surface area contributed by atoms with Crippen molar-refractivity contribution in [2.75, 3.05) is 6.26 Å². The third kappa shape index (κ3) is 2.70. The van der Waals surface area contributed by atoms with Gasteiger partial charge in [-0.3, -0.25) is 10.1 Å². The van der Waals surface area contributed by atoms with Crippen molar-refractivity contribution < 1.29 is 28.5 Å². The highest BCUT2D eigenvalue weighted by Gasteiger charge is 2.27. The molecule has 94 valence electrons. The van der Waals surface area contributed by atoms with E-state index >= 15 is 0 Å². The Morgan fingerprint density at radius 1 is 1.41 bits per heavy atom. The highest BCUT2D eigenvalue weighted by atomic mass is 32.2. The molecular weight excluding hydrogens is 254 g/mol. The topological polar surface area (TPSA) is 116 Å². The standard InChI is InChI=1S/C8H9NO7S/c1-5-6(15-16-12)3-4-7(17(2,13)14)8(5)9(10)11/h3-4,12H,1-2H3. The Labute approximate surface area is 96.3 Å². The smallest absolute Gasteiger partial charge is 0.294 e. The van der Waals surface area contributed by atoms with E-state index in [9.17, 15) is 18.5 Å². The van der Waals surface area contributed by atoms with Gasteiger partial charge in [-0.1, -0.05) is 0 Å². The maximum atomic E-state index is 11.4. The summed E-state index contributed by atoms with van der Waals surface area (Å²) in [5.41, 5.74) is -0.672. The molecule has 1 rings (SSSR count). The van der Waals surface area contributed by atoms with Gasteiger partial charge < -0.3 is 4.89 Å². The van der Waals surface area contributed by atoms with Crippen LogP contribution >= 0.6 is 0 Å². The summed E-state index contributed by atoms with van der Waals surface area (Å²) in [6, 6.07) is 2.16. The average Bonchev–Trinajstić information content (AvgIpc) is 2.18. The molecule has 1 N–H and O–H groups in total. The average molecular weight is 263 g/mol. The second-order valence-electron chi connectivity index (χ2n) is 3.22. The summed E-state index contributed by atoms with van der Waals surface area (Å²) in [5.74, 6) is -0.147. The van der Waals surface area contributed by atoms with Gasteiger partial charge in [0.1, 0.15) is 4.90 Å². The summed E-state index contributed by atoms with van der Waals surface area (Å²) in [5, 5.41) is 22.3. The van der Waals surface area contributed by atoms with E-state index in [0.29, 0.717) is 0 Å². The van der Waals surface area contributed by atoms with Crippen molar-refractivity contribution in [3.05, 3.63) is 27.8 Å². The molecule has 0 aliphatic heterocycles. The van der Waals surface area contributed by atoms with Gasteiger partial charge in [-0.25, -0.2) is 13.7 Å². The van der Waals surface area contributed by atoms with Crippen LogP contribution in [0.2, 0.25) is 0 Å². The minimum Gasteiger partial charge on any atom is -0.308 e. The Morgan fingerprint density at radius 2 is 2.00 bits per heavy atom. The van der Waals surface area contributed by atoms with Gasteiger partial charge in [0, 0.05) is 6.26 Å². The molecule has 0 radical (unpaired) electrons. The third-order valence-corrected chi connectivity index (χ3v) is 3.18. The van der Waals surface area contributed by atoms with Crippen LogP contribution in [0.25, 0.3) is 0 Å². The number of nitro benzene ring substituents is 1. The number of rotatable bonds is 4. The lowest BCUT2D eigenvalue weighted by molar-refractivity contribution is -0.439. The minimum absolute atomic E-state index is 0.0630. The predicted molar refractivity (Wildman–Crippen MR) is 55.3 cm³/mol. The highest BCUT2D eigenvalue weighted by molar-refractivity contribution is 7.90. The van der Waals surface area contributed by atoms with Crippen molar-refractivity contribution in [1.82, 2.24) is 0 Å². The van der Waals surface area contributed by atoms with Crippen LogP contribution in [0.3, 0.4) is 0 Å². The van der Waals surface area contributed by atoms with Crippen molar-refractivity contribution in [3.63, 3.8) is 0 Å². The van der Waals surface area contributed by atoms with E-state index in [0.717, 1.165) is 18.4 Å². The summed E-state index contributed by atoms with van der Waals surface area (Å²) in [6.07, 6.45) is 0.859. The molecule has 0 bridgehead atoms. The van der Waals surface area contributed by atoms with Crippen LogP contribution in [0.1, 0.15) is 5.56 Å². The first-order valence-electron chi connectivity index (χ1n) is 4.25. The number of sulfone groups is 1. The van der Waals surface area contributed by atoms with Gasteiger partial charge >= 0.3 is 0 Å². The van der Waals surface area contributed by atoms with Gasteiger partial charge in [-0.15, -0.1) is 0 Å². The van der Waals surface area contributed by atoms with E-state index in [4.69, 9.17) is 5.26 Å². The third-order valence-electron chi connectivity index (χ3n) is 2.05. The van der Waals surface area contributed by atoms with Gasteiger partial charge in [-0.2, -0.15) is 0 Å². The monoisotopic (exact) mass is 263 g/mol. The van der Waals surface area contributed by atoms with Crippen LogP contribution in [-0.4, -0.2) is 24.9 Å². The van der Waals surface area contributed by atoms with Gasteiger partial charge in [0.05, 0.1) is 10.5 Å². The quantitative estimate of drug-likeness (QED) is 0.491. The van der Waals surface area contributed by atoms with Crippen LogP contribution in [-0.2, 0) is 14.9 Å². The summed E-state index contributed by atoms with van der Waals surface area (Å²) >= 11 is 0. The Morgan fingerprint density at radius 3 is 2.41 bits per heavy atom. The van der Waals surface area contributed by atoms with Crippen molar-refractivity contribution in [1.29, 1.82) is 0 Å². The van der Waals surface area contributed by atoms with Crippen LogP contribution < -0.4 is 4.89 Å². The minimum atomic E-state index is -3.73. The normalized spacial score (nSPS) is 11.2. The van der Waals surface area contributed by atoms with Gasteiger partial charge in [0.15, 0.2) is 15.6 Å². The molecule has 1 aromatic carbocycles. The van der Waals surface area contributed by atoms with Crippen LogP contribution in [0.5, 0.6) is 5.75 Å². The maximum absolute atomic E-state index is 11.4. The van der Waals surface area contributed by atoms with E-state index in [1.165, 1.54) is 6.92 Å². The molecule has 0 atom stereocenters. The number of nitrogens with zero attached hydrogens (tertiary/aromatic N) is 1. The molecule has 17 heavy (non-hydrogen) atoms. The van der Waals surface area contributed by atoms with Crippen molar-refractivity contribution in [2.45, 2.75) is 11.8 Å². The Kier molecular flexibility index (Phi) is 3.66. The molecular formula is C8H9NO7S. The Balaban J connectivity index is 3.57. The van der Waals surface area contributed by atoms with E-state index in [-0.39, 0.29) is 11.3 Å². The zero-order valence-electron chi connectivity index (χ0n) is 8.91. The molecule has 0 unspecified atom stereocenters. The summed E-state index contributed by atoms with van der Waals surface area (Å²) < 4.78 is 22.7. The summed E-state index contributed by atoms with van der Waals surface area (Å²) in [4.78, 5) is 13.8. The molecule has 0 spiro atoms. The first-order valence-corrected chi connectivity index (χ1v) is 6.14. The number of hydrogen-bond acceptors (Lipinski definition) is 7. The lowest BCUT2D eigenvalue weighted by Crippen LogP contribution is -2.06. The fraction of sp³-hybridized carbons (Fsp3) is 0.250. The zero-order valence-corrected chi connectivity index (χ0v) is 9.72. The second kappa shape index (κ2) is 4.65. The van der Waals surface area contributed by atoms with Crippen molar-refractivity contribution in [2.24, 2.45) is 0 Å². The van der Waals surface area contributed by atoms with Crippen LogP contribution in [0.4, 0.5) is 5.69 Å². The van der Waals surface area contributed by atoms with Crippen molar-refractivity contribution in [3.8, 4) is 5.75 Å². The lowest BCUT2D eigenvalue weighted by atomic mass is 10.2. The molecule has 9 heteroatoms. The van der Waals surface area contributed by atoms with Gasteiger partial charge in [0.2, 0.25) is 0 Å².